The van der Waals surface area contributed by atoms with Gasteiger partial charge in [-0.25, -0.2) is 4.98 Å². The molecule has 2 amide bonds. The minimum atomic E-state index is -0.303. The molecule has 11 heteroatoms. The lowest BCUT2D eigenvalue weighted by atomic mass is 10.2. The number of imidazole rings is 1. The number of carbonyl (C=O) groups excluding carboxylic acids is 2. The number of nitrogens with zero attached hydrogens (tertiary/aromatic N) is 3. The lowest BCUT2D eigenvalue weighted by molar-refractivity contribution is -0.124. The van der Waals surface area contributed by atoms with Crippen LogP contribution in [0.3, 0.4) is 0 Å². The number of benzene rings is 1. The van der Waals surface area contributed by atoms with Crippen molar-refractivity contribution in [2.45, 2.75) is 45.3 Å². The van der Waals surface area contributed by atoms with Crippen LogP contribution in [0.1, 0.15) is 36.9 Å². The van der Waals surface area contributed by atoms with E-state index in [0.29, 0.717) is 38.7 Å². The summed E-state index contributed by atoms with van der Waals surface area (Å²) in [5.41, 5.74) is 2.52. The topological polar surface area (TPSA) is 88.0 Å². The van der Waals surface area contributed by atoms with Crippen molar-refractivity contribution >= 4 is 62.3 Å². The van der Waals surface area contributed by atoms with Crippen molar-refractivity contribution in [2.75, 3.05) is 25.0 Å². The molecule has 2 aromatic heterocycles. The number of pyridine rings is 1. The van der Waals surface area contributed by atoms with Gasteiger partial charge in [-0.15, -0.1) is 0 Å². The van der Waals surface area contributed by atoms with E-state index in [1.807, 2.05) is 29.7 Å². The first-order valence-electron chi connectivity index (χ1n) is 11.8. The highest BCUT2D eigenvalue weighted by molar-refractivity contribution is 9.10. The summed E-state index contributed by atoms with van der Waals surface area (Å²) in [6.07, 6.45) is 6.44. The molecule has 1 fully saturated rings. The van der Waals surface area contributed by atoms with Crippen LogP contribution < -0.4 is 20.3 Å². The SMILES string of the molecule is Cc1nc2c(OCc3c(Cl)ccc(N(C)C(=O)CNC(=O)CNC4CCCC4)c3Cl)cccn2c1Br. The molecular formula is C25H28BrCl2N5O3. The quantitative estimate of drug-likeness (QED) is 0.367. The number of carbonyl (C=O) groups is 2. The number of ether oxygens (including phenoxy) is 1. The van der Waals surface area contributed by atoms with E-state index in [1.165, 1.54) is 17.7 Å². The number of fused-ring (bicyclic) bond motifs is 1. The third-order valence-electron chi connectivity index (χ3n) is 6.33. The minimum Gasteiger partial charge on any atom is -0.485 e. The predicted molar refractivity (Wildman–Crippen MR) is 145 cm³/mol. The summed E-state index contributed by atoms with van der Waals surface area (Å²) in [5, 5.41) is 6.64. The Morgan fingerprint density at radius 3 is 2.72 bits per heavy atom. The highest BCUT2D eigenvalue weighted by Crippen LogP contribution is 2.35. The van der Waals surface area contributed by atoms with Crippen LogP contribution in [0.5, 0.6) is 5.75 Å². The highest BCUT2D eigenvalue weighted by Gasteiger charge is 2.20. The zero-order valence-electron chi connectivity index (χ0n) is 20.1. The van der Waals surface area contributed by atoms with E-state index in [-0.39, 0.29) is 31.5 Å². The molecule has 0 atom stereocenters. The Kier molecular flexibility index (Phi) is 8.77. The van der Waals surface area contributed by atoms with Gasteiger partial charge in [-0.1, -0.05) is 36.0 Å². The maximum atomic E-state index is 12.8. The molecule has 8 nitrogen and oxygen atoms in total. The largest absolute Gasteiger partial charge is 0.485 e. The number of aryl methyl sites for hydroxylation is 1. The molecule has 0 spiro atoms. The Morgan fingerprint density at radius 1 is 1.22 bits per heavy atom. The second-order valence-corrected chi connectivity index (χ2v) is 10.3. The van der Waals surface area contributed by atoms with Crippen LogP contribution in [-0.2, 0) is 16.2 Å². The summed E-state index contributed by atoms with van der Waals surface area (Å²) in [4.78, 5) is 30.9. The van der Waals surface area contributed by atoms with Crippen molar-refractivity contribution in [2.24, 2.45) is 0 Å². The summed E-state index contributed by atoms with van der Waals surface area (Å²) >= 11 is 16.6. The lowest BCUT2D eigenvalue weighted by Gasteiger charge is -2.21. The number of amides is 2. The molecule has 4 rings (SSSR count). The van der Waals surface area contributed by atoms with E-state index in [9.17, 15) is 9.59 Å². The Morgan fingerprint density at radius 2 is 1.97 bits per heavy atom. The molecule has 0 radical (unpaired) electrons. The van der Waals surface area contributed by atoms with Gasteiger partial charge in [0.2, 0.25) is 11.8 Å². The fourth-order valence-electron chi connectivity index (χ4n) is 4.22. The molecule has 1 aliphatic rings. The Labute approximate surface area is 228 Å². The Hall–Kier alpha value is -2.33. The van der Waals surface area contributed by atoms with Gasteiger partial charge < -0.3 is 20.3 Å². The van der Waals surface area contributed by atoms with E-state index in [4.69, 9.17) is 27.9 Å². The number of rotatable bonds is 9. The molecular weight excluding hydrogens is 569 g/mol. The first kappa shape index (κ1) is 26.7. The fourth-order valence-corrected chi connectivity index (χ4v) is 5.20. The van der Waals surface area contributed by atoms with Crippen LogP contribution in [0.15, 0.2) is 35.1 Å². The fraction of sp³-hybridized carbons (Fsp3) is 0.400. The number of halogens is 3. The summed E-state index contributed by atoms with van der Waals surface area (Å²) in [7, 11) is 1.61. The zero-order chi connectivity index (χ0) is 25.8. The average molecular weight is 597 g/mol. The number of aromatic nitrogens is 2. The van der Waals surface area contributed by atoms with E-state index in [1.54, 1.807) is 19.2 Å². The molecule has 3 aromatic rings. The van der Waals surface area contributed by atoms with E-state index in [0.717, 1.165) is 23.1 Å². The van der Waals surface area contributed by atoms with E-state index < -0.39 is 0 Å². The van der Waals surface area contributed by atoms with Gasteiger partial charge in [-0.05, 0) is 60.0 Å². The van der Waals surface area contributed by atoms with Crippen molar-refractivity contribution in [3.8, 4) is 5.75 Å². The standard InChI is InChI=1S/C25H28BrCl2N5O3/c1-15-24(26)33-11-5-8-20(25(33)31-15)36-14-17-18(27)9-10-19(23(17)28)32(2)22(35)13-30-21(34)12-29-16-6-3-4-7-16/h5,8-11,16,29H,3-4,6-7,12-14H2,1-2H3,(H,30,34). The van der Waals surface area contributed by atoms with Crippen LogP contribution in [0.4, 0.5) is 5.69 Å². The van der Waals surface area contributed by atoms with E-state index in [2.05, 4.69) is 31.5 Å². The summed E-state index contributed by atoms with van der Waals surface area (Å²) < 4.78 is 8.77. The van der Waals surface area contributed by atoms with Crippen molar-refractivity contribution in [3.05, 3.63) is 56.4 Å². The first-order valence-corrected chi connectivity index (χ1v) is 13.3. The van der Waals surface area contributed by atoms with Crippen molar-refractivity contribution in [1.82, 2.24) is 20.0 Å². The number of hydrogen-bond acceptors (Lipinski definition) is 5. The van der Waals surface area contributed by atoms with Crippen LogP contribution in [-0.4, -0.2) is 47.4 Å². The highest BCUT2D eigenvalue weighted by atomic mass is 79.9. The monoisotopic (exact) mass is 595 g/mol. The number of anilines is 1. The number of nitrogens with one attached hydrogen (secondary N) is 2. The van der Waals surface area contributed by atoms with Gasteiger partial charge in [0, 0.05) is 29.9 Å². The average Bonchev–Trinajstić information content (AvgIpc) is 3.49. The molecule has 36 heavy (non-hydrogen) atoms. The van der Waals surface area contributed by atoms with Crippen LogP contribution in [0.2, 0.25) is 10.0 Å². The van der Waals surface area contributed by atoms with Crippen LogP contribution >= 0.6 is 39.1 Å². The molecule has 0 unspecified atom stereocenters. The maximum absolute atomic E-state index is 12.8. The molecule has 2 N–H and O–H groups in total. The molecule has 0 bridgehead atoms. The van der Waals surface area contributed by atoms with Crippen molar-refractivity contribution in [3.63, 3.8) is 0 Å². The third kappa shape index (κ3) is 5.96. The normalized spacial score (nSPS) is 13.8. The van der Waals surface area contributed by atoms with Crippen molar-refractivity contribution in [1.29, 1.82) is 0 Å². The zero-order valence-corrected chi connectivity index (χ0v) is 23.2. The van der Waals surface area contributed by atoms with Gasteiger partial charge in [0.25, 0.3) is 0 Å². The Balaban J connectivity index is 1.40. The summed E-state index contributed by atoms with van der Waals surface area (Å²) in [6.45, 7) is 2.05. The molecule has 2 heterocycles. The van der Waals surface area contributed by atoms with Gasteiger partial charge in [0.15, 0.2) is 11.4 Å². The molecule has 1 saturated carbocycles. The van der Waals surface area contributed by atoms with Crippen LogP contribution in [0.25, 0.3) is 5.65 Å². The molecule has 0 aliphatic heterocycles. The van der Waals surface area contributed by atoms with Gasteiger partial charge in [0.1, 0.15) is 11.2 Å². The second kappa shape index (κ2) is 11.8. The van der Waals surface area contributed by atoms with E-state index >= 15 is 0 Å². The Bertz CT molecular complexity index is 1280. The summed E-state index contributed by atoms with van der Waals surface area (Å²) in [6, 6.07) is 7.41. The maximum Gasteiger partial charge on any atom is 0.246 e. The summed E-state index contributed by atoms with van der Waals surface area (Å²) in [5.74, 6) is 0.0555. The molecule has 1 aliphatic carbocycles. The third-order valence-corrected chi connectivity index (χ3v) is 8.06. The minimum absolute atomic E-state index is 0.0836. The van der Waals surface area contributed by atoms with Gasteiger partial charge in [-0.2, -0.15) is 0 Å². The predicted octanol–water partition coefficient (Wildman–Crippen LogP) is 4.90. The second-order valence-electron chi connectivity index (χ2n) is 8.79. The smallest absolute Gasteiger partial charge is 0.246 e. The van der Waals surface area contributed by atoms with Crippen molar-refractivity contribution < 1.29 is 14.3 Å². The molecule has 1 aromatic carbocycles. The number of hydrogen-bond donors (Lipinski definition) is 2. The van der Waals surface area contributed by atoms with Gasteiger partial charge in [-0.3, -0.25) is 14.0 Å². The molecule has 0 saturated heterocycles. The molecule has 192 valence electrons. The van der Waals surface area contributed by atoms with Gasteiger partial charge in [0.05, 0.1) is 29.5 Å². The van der Waals surface area contributed by atoms with Crippen LogP contribution in [0, 0.1) is 6.92 Å². The lowest BCUT2D eigenvalue weighted by Crippen LogP contribution is -2.43. The number of likely N-dealkylation sites (N-methyl/N-ethyl adjacent to an activating group) is 1. The van der Waals surface area contributed by atoms with Gasteiger partial charge >= 0.3 is 0 Å². The first-order chi connectivity index (χ1) is 17.3.